The van der Waals surface area contributed by atoms with E-state index in [0.717, 1.165) is 5.56 Å². The van der Waals surface area contributed by atoms with E-state index in [2.05, 4.69) is 4.98 Å². The normalized spacial score (nSPS) is 11.1. The van der Waals surface area contributed by atoms with Crippen LogP contribution in [0.2, 0.25) is 10.0 Å². The summed E-state index contributed by atoms with van der Waals surface area (Å²) in [6, 6.07) is 1.76. The van der Waals surface area contributed by atoms with Gasteiger partial charge in [-0.2, -0.15) is 0 Å². The molecule has 68 valence electrons. The van der Waals surface area contributed by atoms with E-state index in [9.17, 15) is 0 Å². The topological polar surface area (TPSA) is 26.0 Å². The number of rotatable bonds is 0. The maximum atomic E-state index is 6.03. The molecule has 0 bridgehead atoms. The number of halogens is 2. The van der Waals surface area contributed by atoms with Crippen LogP contribution in [0.5, 0.6) is 0 Å². The van der Waals surface area contributed by atoms with Crippen LogP contribution in [0.3, 0.4) is 0 Å². The van der Waals surface area contributed by atoms with Crippen LogP contribution in [-0.2, 0) is 0 Å². The van der Waals surface area contributed by atoms with E-state index in [1.807, 2.05) is 6.92 Å². The zero-order chi connectivity index (χ0) is 9.59. The molecule has 1 aromatic heterocycles. The molecule has 0 radical (unpaired) electrons. The van der Waals surface area contributed by atoms with Crippen LogP contribution >= 0.6 is 23.2 Å². The van der Waals surface area contributed by atoms with Crippen molar-refractivity contribution in [2.45, 2.75) is 13.8 Å². The van der Waals surface area contributed by atoms with Gasteiger partial charge in [0, 0.05) is 11.9 Å². The van der Waals surface area contributed by atoms with Crippen molar-refractivity contribution < 1.29 is 4.42 Å². The van der Waals surface area contributed by atoms with Crippen LogP contribution in [0.25, 0.3) is 11.1 Å². The fourth-order valence-corrected chi connectivity index (χ4v) is 1.69. The second-order valence-corrected chi connectivity index (χ2v) is 3.66. The first kappa shape index (κ1) is 8.85. The van der Waals surface area contributed by atoms with E-state index in [1.165, 1.54) is 0 Å². The Labute approximate surface area is 85.5 Å². The lowest BCUT2D eigenvalue weighted by atomic mass is 10.2. The van der Waals surface area contributed by atoms with Crippen molar-refractivity contribution in [3.05, 3.63) is 27.6 Å². The van der Waals surface area contributed by atoms with Crippen LogP contribution in [0.4, 0.5) is 0 Å². The van der Waals surface area contributed by atoms with Crippen molar-refractivity contribution >= 4 is 34.3 Å². The summed E-state index contributed by atoms with van der Waals surface area (Å²) in [5.74, 6) is 0.596. The minimum absolute atomic E-state index is 0.545. The zero-order valence-corrected chi connectivity index (χ0v) is 8.70. The molecule has 0 saturated carbocycles. The molecule has 4 heteroatoms. The van der Waals surface area contributed by atoms with Gasteiger partial charge in [-0.25, -0.2) is 4.98 Å². The molecule has 2 aromatic rings. The highest BCUT2D eigenvalue weighted by Gasteiger charge is 2.11. The number of aryl methyl sites for hydroxylation is 1. The summed E-state index contributed by atoms with van der Waals surface area (Å²) in [5.41, 5.74) is 2.14. The van der Waals surface area contributed by atoms with Gasteiger partial charge in [0.05, 0.1) is 5.02 Å². The van der Waals surface area contributed by atoms with Gasteiger partial charge in [-0.3, -0.25) is 0 Å². The average Bonchev–Trinajstić information content (AvgIpc) is 2.42. The van der Waals surface area contributed by atoms with Crippen molar-refractivity contribution in [3.8, 4) is 0 Å². The molecule has 0 amide bonds. The van der Waals surface area contributed by atoms with Gasteiger partial charge in [-0.1, -0.05) is 23.2 Å². The number of hydrogen-bond donors (Lipinski definition) is 0. The Hall–Kier alpha value is -0.730. The third kappa shape index (κ3) is 1.30. The summed E-state index contributed by atoms with van der Waals surface area (Å²) in [5, 5.41) is 1.16. The molecular weight excluding hydrogens is 209 g/mol. The molecule has 0 N–H and O–H groups in total. The lowest BCUT2D eigenvalue weighted by Crippen LogP contribution is -1.78. The Balaban J connectivity index is 2.92. The minimum Gasteiger partial charge on any atom is -0.439 e. The first-order valence-electron chi connectivity index (χ1n) is 3.81. The van der Waals surface area contributed by atoms with Gasteiger partial charge in [-0.05, 0) is 18.6 Å². The van der Waals surface area contributed by atoms with Crippen LogP contribution in [0.1, 0.15) is 11.5 Å². The number of benzene rings is 1. The van der Waals surface area contributed by atoms with Crippen LogP contribution in [0.15, 0.2) is 10.5 Å². The smallest absolute Gasteiger partial charge is 0.192 e. The summed E-state index contributed by atoms with van der Waals surface area (Å²) in [4.78, 5) is 4.14. The number of aromatic nitrogens is 1. The second-order valence-electron chi connectivity index (χ2n) is 2.88. The van der Waals surface area contributed by atoms with Crippen molar-refractivity contribution in [1.82, 2.24) is 4.98 Å². The number of fused-ring (bicyclic) bond motifs is 1. The third-order valence-corrected chi connectivity index (χ3v) is 2.76. The first-order valence-corrected chi connectivity index (χ1v) is 4.57. The van der Waals surface area contributed by atoms with Gasteiger partial charge in [0.2, 0.25) is 0 Å². The molecule has 0 saturated heterocycles. The SMILES string of the molecule is Cc1nc2cc(Cl)c(C)c(Cl)c2o1. The molecule has 2 rings (SSSR count). The maximum absolute atomic E-state index is 6.03. The van der Waals surface area contributed by atoms with Gasteiger partial charge < -0.3 is 4.42 Å². The Morgan fingerprint density at radius 1 is 1.31 bits per heavy atom. The molecule has 13 heavy (non-hydrogen) atoms. The van der Waals surface area contributed by atoms with Crippen LogP contribution in [0, 0.1) is 13.8 Å². The van der Waals surface area contributed by atoms with Crippen LogP contribution in [-0.4, -0.2) is 4.98 Å². The van der Waals surface area contributed by atoms with E-state index < -0.39 is 0 Å². The molecule has 0 fully saturated rings. The van der Waals surface area contributed by atoms with Crippen molar-refractivity contribution in [2.24, 2.45) is 0 Å². The highest BCUT2D eigenvalue weighted by atomic mass is 35.5. The molecular formula is C9H7Cl2NO. The first-order chi connectivity index (χ1) is 6.09. The van der Waals surface area contributed by atoms with Gasteiger partial charge in [-0.15, -0.1) is 0 Å². The Morgan fingerprint density at radius 3 is 2.69 bits per heavy atom. The third-order valence-electron chi connectivity index (χ3n) is 1.91. The van der Waals surface area contributed by atoms with E-state index in [4.69, 9.17) is 27.6 Å². The van der Waals surface area contributed by atoms with Crippen molar-refractivity contribution in [1.29, 1.82) is 0 Å². The molecule has 0 unspecified atom stereocenters. The Morgan fingerprint density at radius 2 is 2.00 bits per heavy atom. The van der Waals surface area contributed by atoms with E-state index in [0.29, 0.717) is 27.0 Å². The molecule has 0 aliphatic rings. The van der Waals surface area contributed by atoms with Crippen molar-refractivity contribution in [3.63, 3.8) is 0 Å². The van der Waals surface area contributed by atoms with Crippen LogP contribution < -0.4 is 0 Å². The highest BCUT2D eigenvalue weighted by Crippen LogP contribution is 2.32. The molecule has 2 nitrogen and oxygen atoms in total. The minimum atomic E-state index is 0.545. The number of hydrogen-bond acceptors (Lipinski definition) is 2. The molecule has 0 spiro atoms. The second kappa shape index (κ2) is 2.89. The van der Waals surface area contributed by atoms with E-state index in [-0.39, 0.29) is 0 Å². The lowest BCUT2D eigenvalue weighted by Gasteiger charge is -1.99. The Bertz CT molecular complexity index is 476. The Kier molecular flexibility index (Phi) is 1.97. The largest absolute Gasteiger partial charge is 0.439 e. The summed E-state index contributed by atoms with van der Waals surface area (Å²) in [7, 11) is 0. The van der Waals surface area contributed by atoms with E-state index >= 15 is 0 Å². The standard InChI is InChI=1S/C9H7Cl2NO/c1-4-6(10)3-7-9(8(4)11)13-5(2)12-7/h3H,1-2H3. The maximum Gasteiger partial charge on any atom is 0.192 e. The molecule has 1 heterocycles. The molecule has 0 aliphatic heterocycles. The predicted octanol–water partition coefficient (Wildman–Crippen LogP) is 3.75. The summed E-state index contributed by atoms with van der Waals surface area (Å²) in [6.07, 6.45) is 0. The fraction of sp³-hybridized carbons (Fsp3) is 0.222. The molecule has 1 aromatic carbocycles. The predicted molar refractivity (Wildman–Crippen MR) is 53.5 cm³/mol. The van der Waals surface area contributed by atoms with Crippen molar-refractivity contribution in [2.75, 3.05) is 0 Å². The average molecular weight is 216 g/mol. The quantitative estimate of drug-likeness (QED) is 0.670. The fourth-order valence-electron chi connectivity index (χ4n) is 1.20. The lowest BCUT2D eigenvalue weighted by molar-refractivity contribution is 0.561. The zero-order valence-electron chi connectivity index (χ0n) is 7.19. The summed E-state index contributed by atoms with van der Waals surface area (Å²) >= 11 is 12.0. The molecule has 0 atom stereocenters. The number of nitrogens with zero attached hydrogens (tertiary/aromatic N) is 1. The monoisotopic (exact) mass is 215 g/mol. The van der Waals surface area contributed by atoms with Gasteiger partial charge in [0.25, 0.3) is 0 Å². The van der Waals surface area contributed by atoms with Gasteiger partial charge >= 0.3 is 0 Å². The highest BCUT2D eigenvalue weighted by molar-refractivity contribution is 6.39. The molecule has 0 aliphatic carbocycles. The number of oxazole rings is 1. The van der Waals surface area contributed by atoms with Gasteiger partial charge in [0.15, 0.2) is 11.5 Å². The van der Waals surface area contributed by atoms with Gasteiger partial charge in [0.1, 0.15) is 5.52 Å². The summed E-state index contributed by atoms with van der Waals surface area (Å²) < 4.78 is 5.33. The van der Waals surface area contributed by atoms with E-state index in [1.54, 1.807) is 13.0 Å². The summed E-state index contributed by atoms with van der Waals surface area (Å²) in [6.45, 7) is 3.63.